The van der Waals surface area contributed by atoms with Crippen LogP contribution in [0.4, 0.5) is 5.69 Å². The predicted octanol–water partition coefficient (Wildman–Crippen LogP) is 5.49. The zero-order valence-electron chi connectivity index (χ0n) is 8.14. The van der Waals surface area contributed by atoms with Gasteiger partial charge in [0.15, 0.2) is 0 Å². The quantitative estimate of drug-likeness (QED) is 0.582. The Hall–Kier alpha value is 0.410. The van der Waals surface area contributed by atoms with Crippen LogP contribution in [0, 0.1) is 3.57 Å². The molecule has 0 aliphatic rings. The van der Waals surface area contributed by atoms with Gasteiger partial charge < -0.3 is 5.32 Å². The van der Waals surface area contributed by atoms with Crippen LogP contribution in [0.3, 0.4) is 0 Å². The van der Waals surface area contributed by atoms with E-state index < -0.39 is 0 Å². The van der Waals surface area contributed by atoms with E-state index in [1.165, 1.54) is 8.45 Å². The number of hydrogen-bond acceptors (Lipinski definition) is 2. The molecule has 0 saturated heterocycles. The average Bonchev–Trinajstić information content (AvgIpc) is 2.56. The minimum absolute atomic E-state index is 0.856. The van der Waals surface area contributed by atoms with Crippen molar-refractivity contribution in [2.24, 2.45) is 0 Å². The summed E-state index contributed by atoms with van der Waals surface area (Å²) in [5, 5.41) is 3.41. The van der Waals surface area contributed by atoms with Gasteiger partial charge in [-0.05, 0) is 78.7 Å². The summed E-state index contributed by atoms with van der Waals surface area (Å²) in [7, 11) is 0. The van der Waals surface area contributed by atoms with Crippen LogP contribution in [0.2, 0.25) is 0 Å². The molecule has 0 unspecified atom stereocenters. The monoisotopic (exact) mass is 471 g/mol. The number of anilines is 1. The van der Waals surface area contributed by atoms with Gasteiger partial charge in [-0.25, -0.2) is 0 Å². The maximum atomic E-state index is 3.50. The van der Waals surface area contributed by atoms with Crippen LogP contribution < -0.4 is 5.32 Å². The largest absolute Gasteiger partial charge is 0.380 e. The normalized spacial score (nSPS) is 10.4. The van der Waals surface area contributed by atoms with Crippen LogP contribution in [-0.4, -0.2) is 0 Å². The Bertz CT molecular complexity index is 479. The van der Waals surface area contributed by atoms with E-state index in [0.717, 1.165) is 20.5 Å². The van der Waals surface area contributed by atoms with E-state index in [0.29, 0.717) is 0 Å². The van der Waals surface area contributed by atoms with Crippen molar-refractivity contribution in [2.75, 3.05) is 5.32 Å². The van der Waals surface area contributed by atoms with Crippen LogP contribution in [0.25, 0.3) is 0 Å². The highest BCUT2D eigenvalue weighted by molar-refractivity contribution is 14.1. The second-order valence-electron chi connectivity index (χ2n) is 3.20. The molecule has 1 N–H and O–H groups in total. The molecule has 1 heterocycles. The molecular formula is C11H8Br2INS. The Kier molecular flexibility index (Phi) is 4.69. The summed E-state index contributed by atoms with van der Waals surface area (Å²) in [6.07, 6.45) is 0. The van der Waals surface area contributed by atoms with Gasteiger partial charge in [-0.15, -0.1) is 11.3 Å². The Morgan fingerprint density at radius 2 is 2.06 bits per heavy atom. The van der Waals surface area contributed by atoms with Crippen LogP contribution in [0.5, 0.6) is 0 Å². The first-order valence-electron chi connectivity index (χ1n) is 4.58. The summed E-state index contributed by atoms with van der Waals surface area (Å²) < 4.78 is 3.51. The summed E-state index contributed by atoms with van der Waals surface area (Å²) in [6, 6.07) is 10.5. The van der Waals surface area contributed by atoms with E-state index in [4.69, 9.17) is 0 Å². The Labute approximate surface area is 129 Å². The molecule has 0 aliphatic heterocycles. The molecule has 0 bridgehead atoms. The number of benzene rings is 1. The van der Waals surface area contributed by atoms with E-state index >= 15 is 0 Å². The zero-order valence-corrected chi connectivity index (χ0v) is 14.3. The van der Waals surface area contributed by atoms with E-state index in [-0.39, 0.29) is 0 Å². The first kappa shape index (κ1) is 12.9. The predicted molar refractivity (Wildman–Crippen MR) is 86.2 cm³/mol. The van der Waals surface area contributed by atoms with Gasteiger partial charge >= 0.3 is 0 Å². The third kappa shape index (κ3) is 3.45. The number of hydrogen-bond donors (Lipinski definition) is 1. The standard InChI is InChI=1S/C11H8Br2INS/c12-10-5-9(16-11(10)13)6-15-8-3-1-2-7(14)4-8/h1-5,15H,6H2. The Morgan fingerprint density at radius 3 is 2.69 bits per heavy atom. The lowest BCUT2D eigenvalue weighted by atomic mass is 10.3. The number of halogens is 3. The molecule has 2 rings (SSSR count). The van der Waals surface area contributed by atoms with Crippen molar-refractivity contribution >= 4 is 71.5 Å². The van der Waals surface area contributed by atoms with Gasteiger partial charge in [0.05, 0.1) is 3.79 Å². The Balaban J connectivity index is 2.02. The van der Waals surface area contributed by atoms with Gasteiger partial charge in [-0.1, -0.05) is 6.07 Å². The average molecular weight is 473 g/mol. The molecule has 0 saturated carbocycles. The maximum absolute atomic E-state index is 3.50. The highest BCUT2D eigenvalue weighted by Crippen LogP contribution is 2.32. The highest BCUT2D eigenvalue weighted by atomic mass is 127. The molecule has 1 aromatic heterocycles. The molecule has 1 nitrogen and oxygen atoms in total. The third-order valence-electron chi connectivity index (χ3n) is 1.99. The molecule has 0 aliphatic carbocycles. The lowest BCUT2D eigenvalue weighted by molar-refractivity contribution is 1.19. The number of nitrogens with one attached hydrogen (secondary N) is 1. The van der Waals surface area contributed by atoms with Crippen molar-refractivity contribution in [3.63, 3.8) is 0 Å². The van der Waals surface area contributed by atoms with Gasteiger partial charge in [0.25, 0.3) is 0 Å². The van der Waals surface area contributed by atoms with Gasteiger partial charge in [0.2, 0.25) is 0 Å². The first-order chi connectivity index (χ1) is 7.65. The minimum atomic E-state index is 0.856. The SMILES string of the molecule is Brc1cc(CNc2cccc(I)c2)sc1Br. The smallest absolute Gasteiger partial charge is 0.0843 e. The molecule has 0 atom stereocenters. The number of rotatable bonds is 3. The first-order valence-corrected chi connectivity index (χ1v) is 8.06. The molecule has 5 heteroatoms. The molecule has 84 valence electrons. The van der Waals surface area contributed by atoms with Crippen molar-refractivity contribution in [3.8, 4) is 0 Å². The maximum Gasteiger partial charge on any atom is 0.0843 e. The number of thiophene rings is 1. The summed E-state index contributed by atoms with van der Waals surface area (Å²) in [5.74, 6) is 0. The van der Waals surface area contributed by atoms with Crippen molar-refractivity contribution in [2.45, 2.75) is 6.54 Å². The molecule has 16 heavy (non-hydrogen) atoms. The molecule has 0 amide bonds. The minimum Gasteiger partial charge on any atom is -0.380 e. The van der Waals surface area contributed by atoms with Crippen LogP contribution in [0.15, 0.2) is 38.6 Å². The van der Waals surface area contributed by atoms with Crippen molar-refractivity contribution < 1.29 is 0 Å². The van der Waals surface area contributed by atoms with E-state index in [2.05, 4.69) is 90.1 Å². The fourth-order valence-electron chi connectivity index (χ4n) is 1.27. The summed E-state index contributed by atoms with van der Waals surface area (Å²) in [4.78, 5) is 1.30. The lowest BCUT2D eigenvalue weighted by Gasteiger charge is -2.04. The molecular weight excluding hydrogens is 465 g/mol. The van der Waals surface area contributed by atoms with Gasteiger partial charge in [-0.3, -0.25) is 0 Å². The van der Waals surface area contributed by atoms with E-state index in [1.807, 2.05) is 0 Å². The van der Waals surface area contributed by atoms with Gasteiger partial charge in [0.1, 0.15) is 0 Å². The second-order valence-corrected chi connectivity index (χ2v) is 7.75. The highest BCUT2D eigenvalue weighted by Gasteiger charge is 2.03. The van der Waals surface area contributed by atoms with Crippen molar-refractivity contribution in [1.29, 1.82) is 0 Å². The zero-order chi connectivity index (χ0) is 11.5. The lowest BCUT2D eigenvalue weighted by Crippen LogP contribution is -1.97. The molecule has 1 aromatic carbocycles. The topological polar surface area (TPSA) is 12.0 Å². The molecule has 0 spiro atoms. The van der Waals surface area contributed by atoms with Crippen LogP contribution in [-0.2, 0) is 6.54 Å². The van der Waals surface area contributed by atoms with Crippen LogP contribution >= 0.6 is 65.8 Å². The van der Waals surface area contributed by atoms with Crippen LogP contribution in [0.1, 0.15) is 4.88 Å². The van der Waals surface area contributed by atoms with Crippen molar-refractivity contribution in [1.82, 2.24) is 0 Å². The van der Waals surface area contributed by atoms with Gasteiger partial charge in [0, 0.05) is 25.2 Å². The summed E-state index contributed by atoms with van der Waals surface area (Å²) in [5.41, 5.74) is 1.16. The second kappa shape index (κ2) is 5.84. The van der Waals surface area contributed by atoms with E-state index in [1.54, 1.807) is 11.3 Å². The molecule has 0 radical (unpaired) electrons. The van der Waals surface area contributed by atoms with Gasteiger partial charge in [-0.2, -0.15) is 0 Å². The molecule has 2 aromatic rings. The summed E-state index contributed by atoms with van der Waals surface area (Å²) in [6.45, 7) is 0.856. The Morgan fingerprint density at radius 1 is 1.25 bits per heavy atom. The third-order valence-corrected chi connectivity index (χ3v) is 5.91. The fraction of sp³-hybridized carbons (Fsp3) is 0.0909. The fourth-order valence-corrected chi connectivity index (χ4v) is 3.93. The van der Waals surface area contributed by atoms with E-state index in [9.17, 15) is 0 Å². The molecule has 0 fully saturated rings. The summed E-state index contributed by atoms with van der Waals surface area (Å²) >= 11 is 11.0. The van der Waals surface area contributed by atoms with Crippen molar-refractivity contribution in [3.05, 3.63) is 47.0 Å².